The Kier molecular flexibility index (Phi) is 9.08. The largest absolute Gasteiger partial charge is 0.310 e. The summed E-state index contributed by atoms with van der Waals surface area (Å²) in [6.07, 6.45) is 4.00. The molecule has 0 amide bonds. The van der Waals surface area contributed by atoms with Crippen molar-refractivity contribution in [3.05, 3.63) is 283 Å². The van der Waals surface area contributed by atoms with Gasteiger partial charge >= 0.3 is 0 Å². The molecule has 12 rings (SSSR count). The van der Waals surface area contributed by atoms with Crippen LogP contribution in [0.5, 0.6) is 0 Å². The van der Waals surface area contributed by atoms with Crippen LogP contribution < -0.4 is 9.80 Å². The van der Waals surface area contributed by atoms with E-state index in [1.54, 1.807) is 0 Å². The van der Waals surface area contributed by atoms with E-state index in [-0.39, 0.29) is 5.41 Å². The van der Waals surface area contributed by atoms with E-state index in [9.17, 15) is 0 Å². The van der Waals surface area contributed by atoms with Gasteiger partial charge in [0.2, 0.25) is 0 Å². The van der Waals surface area contributed by atoms with E-state index in [0.29, 0.717) is 0 Å². The second kappa shape index (κ2) is 15.2. The van der Waals surface area contributed by atoms with Gasteiger partial charge in [0.25, 0.3) is 0 Å². The SMILES string of the molecule is C=CC1=C(C=C)C(C)(C)c2c(-c3cccc(N(c4ccc(-c5ccccc5)cc4)c4cccc5c4-c4ccccc4C54c5ccccc5-c5ccccc54)c3)cccc2N1c1ccccc1. The van der Waals surface area contributed by atoms with E-state index in [1.807, 2.05) is 12.2 Å². The highest BCUT2D eigenvalue weighted by molar-refractivity contribution is 6.01. The number of hydrogen-bond acceptors (Lipinski definition) is 2. The van der Waals surface area contributed by atoms with Gasteiger partial charge in [-0.3, -0.25) is 0 Å². The Bertz CT molecular complexity index is 3380. The Hall–Kier alpha value is -8.20. The number of benzene rings is 9. The molecule has 314 valence electrons. The number of nitrogens with zero attached hydrogens (tertiary/aromatic N) is 2. The highest BCUT2D eigenvalue weighted by atomic mass is 15.2. The van der Waals surface area contributed by atoms with Crippen molar-refractivity contribution in [2.24, 2.45) is 0 Å². The summed E-state index contributed by atoms with van der Waals surface area (Å²) in [4.78, 5) is 4.83. The fourth-order valence-corrected chi connectivity index (χ4v) is 11.7. The first-order valence-corrected chi connectivity index (χ1v) is 22.9. The third-order valence-electron chi connectivity index (χ3n) is 14.4. The van der Waals surface area contributed by atoms with Crippen molar-refractivity contribution in [2.45, 2.75) is 24.7 Å². The molecule has 2 nitrogen and oxygen atoms in total. The molecular formula is C64H48N2. The molecule has 9 aromatic rings. The number of fused-ring (bicyclic) bond motifs is 11. The third-order valence-corrected chi connectivity index (χ3v) is 14.4. The highest BCUT2D eigenvalue weighted by Crippen LogP contribution is 2.65. The minimum absolute atomic E-state index is 0.377. The summed E-state index contributed by atoms with van der Waals surface area (Å²) in [7, 11) is 0. The van der Waals surface area contributed by atoms with Crippen molar-refractivity contribution in [1.82, 2.24) is 0 Å². The first-order valence-electron chi connectivity index (χ1n) is 22.9. The summed E-state index contributed by atoms with van der Waals surface area (Å²) in [5, 5.41) is 0. The molecule has 3 aliphatic rings. The summed E-state index contributed by atoms with van der Waals surface area (Å²) >= 11 is 0. The summed E-state index contributed by atoms with van der Waals surface area (Å²) in [6, 6.07) is 80.4. The molecule has 1 aliphatic heterocycles. The fraction of sp³-hybridized carbons (Fsp3) is 0.0625. The van der Waals surface area contributed by atoms with E-state index >= 15 is 0 Å². The van der Waals surface area contributed by atoms with Gasteiger partial charge in [0.05, 0.1) is 16.8 Å². The quantitative estimate of drug-likeness (QED) is 0.150. The summed E-state index contributed by atoms with van der Waals surface area (Å²) in [6.45, 7) is 13.3. The van der Waals surface area contributed by atoms with Crippen molar-refractivity contribution in [3.63, 3.8) is 0 Å². The van der Waals surface area contributed by atoms with Crippen LogP contribution in [0.3, 0.4) is 0 Å². The average Bonchev–Trinajstić information content (AvgIpc) is 3.85. The van der Waals surface area contributed by atoms with Gasteiger partial charge in [0.1, 0.15) is 0 Å². The Labute approximate surface area is 388 Å². The van der Waals surface area contributed by atoms with Gasteiger partial charge in [-0.1, -0.05) is 203 Å². The molecular weight excluding hydrogens is 797 g/mol. The lowest BCUT2D eigenvalue weighted by Gasteiger charge is -2.43. The number of hydrogen-bond donors (Lipinski definition) is 0. The molecule has 66 heavy (non-hydrogen) atoms. The van der Waals surface area contributed by atoms with Crippen molar-refractivity contribution in [2.75, 3.05) is 9.80 Å². The number of para-hydroxylation sites is 1. The zero-order chi connectivity index (χ0) is 44.6. The van der Waals surface area contributed by atoms with Crippen molar-refractivity contribution in [3.8, 4) is 44.5 Å². The predicted octanol–water partition coefficient (Wildman–Crippen LogP) is 16.9. The molecule has 2 aliphatic carbocycles. The van der Waals surface area contributed by atoms with Crippen LogP contribution in [0, 0.1) is 0 Å². The van der Waals surface area contributed by atoms with E-state index in [1.165, 1.54) is 66.8 Å². The van der Waals surface area contributed by atoms with Crippen LogP contribution in [0.1, 0.15) is 41.7 Å². The summed E-state index contributed by atoms with van der Waals surface area (Å²) in [5.41, 5.74) is 23.3. The third kappa shape index (κ3) is 5.61. The monoisotopic (exact) mass is 844 g/mol. The summed E-state index contributed by atoms with van der Waals surface area (Å²) in [5.74, 6) is 0. The zero-order valence-electron chi connectivity index (χ0n) is 37.2. The smallest absolute Gasteiger partial charge is 0.0726 e. The second-order valence-corrected chi connectivity index (χ2v) is 18.1. The van der Waals surface area contributed by atoms with Crippen molar-refractivity contribution in [1.29, 1.82) is 0 Å². The Morgan fingerprint density at radius 1 is 0.439 bits per heavy atom. The highest BCUT2D eigenvalue weighted by Gasteiger charge is 2.52. The first-order chi connectivity index (χ1) is 32.4. The lowest BCUT2D eigenvalue weighted by Crippen LogP contribution is -2.33. The molecule has 0 saturated carbocycles. The molecule has 0 N–H and O–H groups in total. The van der Waals surface area contributed by atoms with Gasteiger partial charge in [-0.2, -0.15) is 0 Å². The Morgan fingerprint density at radius 3 is 1.64 bits per heavy atom. The lowest BCUT2D eigenvalue weighted by molar-refractivity contribution is 0.623. The molecule has 0 aromatic heterocycles. The molecule has 0 fully saturated rings. The van der Waals surface area contributed by atoms with Crippen LogP contribution in [0.25, 0.3) is 44.5 Å². The Balaban J connectivity index is 1.10. The second-order valence-electron chi connectivity index (χ2n) is 18.1. The predicted molar refractivity (Wildman–Crippen MR) is 277 cm³/mol. The van der Waals surface area contributed by atoms with Gasteiger partial charge < -0.3 is 9.80 Å². The molecule has 0 saturated heterocycles. The maximum absolute atomic E-state index is 4.37. The van der Waals surface area contributed by atoms with Crippen LogP contribution in [0.2, 0.25) is 0 Å². The van der Waals surface area contributed by atoms with Crippen molar-refractivity contribution >= 4 is 28.4 Å². The molecule has 0 radical (unpaired) electrons. The minimum Gasteiger partial charge on any atom is -0.310 e. The minimum atomic E-state index is -0.459. The lowest BCUT2D eigenvalue weighted by atomic mass is 9.70. The van der Waals surface area contributed by atoms with Gasteiger partial charge in [0, 0.05) is 33.7 Å². The van der Waals surface area contributed by atoms with Gasteiger partial charge in [-0.05, 0) is 127 Å². The van der Waals surface area contributed by atoms with Crippen molar-refractivity contribution < 1.29 is 0 Å². The topological polar surface area (TPSA) is 6.48 Å². The standard InChI is InChI=1S/C64H48N2/c1-5-53-58(6-2)66(46-25-11-8-12-26-46)60-37-20-31-49(62(60)63(53,3)4)45-24-19-27-48(42-45)65(47-40-38-44(39-41-47)43-22-9-7-10-23-43)59-36-21-35-57-61(59)52-30-15-18-34-56(52)64(57)54-32-16-13-28-50(54)51-29-14-17-33-55(51)64/h5-42H,1-2H2,3-4H3. The first kappa shape index (κ1) is 39.4. The molecule has 0 unspecified atom stereocenters. The molecule has 0 bridgehead atoms. The van der Waals surface area contributed by atoms with Crippen LogP contribution in [0.4, 0.5) is 28.4 Å². The molecule has 1 spiro atoms. The van der Waals surface area contributed by atoms with Crippen LogP contribution in [0.15, 0.2) is 255 Å². The molecule has 0 atom stereocenters. The maximum atomic E-state index is 4.37. The molecule has 1 heterocycles. The zero-order valence-corrected chi connectivity index (χ0v) is 37.2. The van der Waals surface area contributed by atoms with Crippen LogP contribution in [-0.2, 0) is 10.8 Å². The number of anilines is 5. The van der Waals surface area contributed by atoms with E-state index < -0.39 is 5.41 Å². The number of rotatable bonds is 8. The van der Waals surface area contributed by atoms with Gasteiger partial charge in [-0.25, -0.2) is 0 Å². The Morgan fingerprint density at radius 2 is 0.970 bits per heavy atom. The fourth-order valence-electron chi connectivity index (χ4n) is 11.7. The van der Waals surface area contributed by atoms with Gasteiger partial charge in [-0.15, -0.1) is 0 Å². The number of allylic oxidation sites excluding steroid dienone is 3. The van der Waals surface area contributed by atoms with Crippen LogP contribution in [-0.4, -0.2) is 0 Å². The normalized spacial score (nSPS) is 14.5. The van der Waals surface area contributed by atoms with E-state index in [4.69, 9.17) is 0 Å². The average molecular weight is 845 g/mol. The summed E-state index contributed by atoms with van der Waals surface area (Å²) < 4.78 is 0. The van der Waals surface area contributed by atoms with E-state index in [0.717, 1.165) is 45.3 Å². The molecule has 2 heteroatoms. The van der Waals surface area contributed by atoms with E-state index in [2.05, 4.69) is 255 Å². The van der Waals surface area contributed by atoms with Gasteiger partial charge in [0.15, 0.2) is 0 Å². The van der Waals surface area contributed by atoms with Crippen LogP contribution >= 0.6 is 0 Å². The molecule has 9 aromatic carbocycles. The maximum Gasteiger partial charge on any atom is 0.0726 e.